The van der Waals surface area contributed by atoms with E-state index < -0.39 is 0 Å². The number of nitrogens with two attached hydrogens (primary N) is 1. The summed E-state index contributed by atoms with van der Waals surface area (Å²) in [6.07, 6.45) is 2.75. The number of hydrogen-bond acceptors (Lipinski definition) is 4. The van der Waals surface area contributed by atoms with Gasteiger partial charge in [0.25, 0.3) is 0 Å². The van der Waals surface area contributed by atoms with E-state index in [1.54, 1.807) is 0 Å². The summed E-state index contributed by atoms with van der Waals surface area (Å²) < 4.78 is 1.47. The molecule has 3 N–H and O–H groups in total. The van der Waals surface area contributed by atoms with Crippen molar-refractivity contribution in [1.29, 1.82) is 0 Å². The second-order valence-corrected chi connectivity index (χ2v) is 4.50. The molecule has 1 aliphatic rings. The van der Waals surface area contributed by atoms with Gasteiger partial charge in [0.05, 0.1) is 0 Å². The van der Waals surface area contributed by atoms with Gasteiger partial charge in [0.1, 0.15) is 0 Å². The molecule has 0 unspecified atom stereocenters. The third kappa shape index (κ3) is 2.42. The largest absolute Gasteiger partial charge is 0.302 e. The Hall–Kier alpha value is -0.680. The van der Waals surface area contributed by atoms with Gasteiger partial charge in [-0.2, -0.15) is 0 Å². The Kier molecular flexibility index (Phi) is 2.98. The van der Waals surface area contributed by atoms with E-state index in [2.05, 4.69) is 5.43 Å². The number of rotatable bonds is 2. The summed E-state index contributed by atoms with van der Waals surface area (Å²) in [4.78, 5) is 1.18. The van der Waals surface area contributed by atoms with Crippen LogP contribution in [0.25, 0.3) is 0 Å². The first kappa shape index (κ1) is 9.86. The lowest BCUT2D eigenvalue weighted by Crippen LogP contribution is -2.30. The lowest BCUT2D eigenvalue weighted by Gasteiger charge is -2.05. The highest BCUT2D eigenvalue weighted by molar-refractivity contribution is 8.00. The van der Waals surface area contributed by atoms with E-state index in [1.807, 2.05) is 30.5 Å². The lowest BCUT2D eigenvalue weighted by molar-refractivity contribution is 0.440. The van der Waals surface area contributed by atoms with Gasteiger partial charge >= 0.3 is 0 Å². The predicted molar refractivity (Wildman–Crippen MR) is 60.0 cm³/mol. The molecule has 0 amide bonds. The molecule has 74 valence electrons. The van der Waals surface area contributed by atoms with Crippen molar-refractivity contribution in [3.63, 3.8) is 0 Å². The minimum absolute atomic E-state index is 0.767. The number of nitrogens with one attached hydrogen (secondary N) is 1. The van der Waals surface area contributed by atoms with Crippen LogP contribution in [0.15, 0.2) is 35.4 Å². The molecule has 0 bridgehead atoms. The summed E-state index contributed by atoms with van der Waals surface area (Å²) in [6, 6.07) is 7.83. The van der Waals surface area contributed by atoms with E-state index in [1.165, 1.54) is 26.9 Å². The average Bonchev–Trinajstić information content (AvgIpc) is 2.51. The van der Waals surface area contributed by atoms with Crippen LogP contribution in [0.2, 0.25) is 5.02 Å². The van der Waals surface area contributed by atoms with Crippen molar-refractivity contribution in [2.75, 3.05) is 0 Å². The Morgan fingerprint density at radius 2 is 2.36 bits per heavy atom. The van der Waals surface area contributed by atoms with Crippen LogP contribution in [0.1, 0.15) is 5.56 Å². The van der Waals surface area contributed by atoms with Gasteiger partial charge in [-0.3, -0.25) is 0 Å². The van der Waals surface area contributed by atoms with E-state index in [4.69, 9.17) is 17.4 Å². The third-order valence-corrected chi connectivity index (χ3v) is 2.87. The standard InChI is InChI=1S/C9H10ClN3S/c10-8-3-1-2-7(4-8)5-9-6-12-13(11)14-9/h1-4,6,12H,5,11H2. The first-order chi connectivity index (χ1) is 6.74. The molecule has 0 saturated heterocycles. The Morgan fingerprint density at radius 1 is 1.50 bits per heavy atom. The molecule has 1 aromatic carbocycles. The molecule has 1 aliphatic heterocycles. The molecule has 0 saturated carbocycles. The van der Waals surface area contributed by atoms with Gasteiger partial charge in [-0.05, 0) is 29.6 Å². The quantitative estimate of drug-likeness (QED) is 0.600. The fourth-order valence-electron chi connectivity index (χ4n) is 1.25. The van der Waals surface area contributed by atoms with Crippen molar-refractivity contribution in [3.8, 4) is 0 Å². The van der Waals surface area contributed by atoms with Gasteiger partial charge in [0.15, 0.2) is 0 Å². The second kappa shape index (κ2) is 4.23. The lowest BCUT2D eigenvalue weighted by atomic mass is 10.1. The van der Waals surface area contributed by atoms with Gasteiger partial charge in [0.2, 0.25) is 0 Å². The number of nitrogens with zero attached hydrogens (tertiary/aromatic N) is 1. The minimum atomic E-state index is 0.767. The SMILES string of the molecule is NN1NC=C(Cc2cccc(Cl)c2)S1. The third-order valence-electron chi connectivity index (χ3n) is 1.84. The topological polar surface area (TPSA) is 41.3 Å². The highest BCUT2D eigenvalue weighted by Gasteiger charge is 2.11. The fraction of sp³-hybridized carbons (Fsp3) is 0.111. The zero-order valence-corrected chi connectivity index (χ0v) is 8.98. The fourth-order valence-corrected chi connectivity index (χ4v) is 2.15. The maximum atomic E-state index is 5.88. The molecule has 0 atom stereocenters. The maximum Gasteiger partial charge on any atom is 0.0408 e. The van der Waals surface area contributed by atoms with Crippen molar-refractivity contribution in [2.24, 2.45) is 5.84 Å². The van der Waals surface area contributed by atoms with Crippen molar-refractivity contribution in [2.45, 2.75) is 6.42 Å². The summed E-state index contributed by atoms with van der Waals surface area (Å²) in [5, 5.41) is 0.767. The Balaban J connectivity index is 2.04. The van der Waals surface area contributed by atoms with E-state index in [9.17, 15) is 0 Å². The molecule has 2 rings (SSSR count). The molecule has 5 heteroatoms. The summed E-state index contributed by atoms with van der Waals surface area (Å²) in [7, 11) is 0. The van der Waals surface area contributed by atoms with E-state index in [0.717, 1.165) is 11.4 Å². The molecule has 0 aliphatic carbocycles. The molecule has 14 heavy (non-hydrogen) atoms. The van der Waals surface area contributed by atoms with Crippen molar-refractivity contribution in [1.82, 2.24) is 9.95 Å². The number of benzene rings is 1. The Morgan fingerprint density at radius 3 is 3.00 bits per heavy atom. The predicted octanol–water partition coefficient (Wildman–Crippen LogP) is 2.07. The van der Waals surface area contributed by atoms with Crippen LogP contribution >= 0.6 is 23.5 Å². The van der Waals surface area contributed by atoms with Gasteiger partial charge in [0, 0.05) is 22.5 Å². The zero-order chi connectivity index (χ0) is 9.97. The number of hydrazine groups is 2. The first-order valence-electron chi connectivity index (χ1n) is 4.16. The van der Waals surface area contributed by atoms with Crippen LogP contribution < -0.4 is 11.3 Å². The van der Waals surface area contributed by atoms with E-state index in [0.29, 0.717) is 0 Å². The maximum absolute atomic E-state index is 5.88. The first-order valence-corrected chi connectivity index (χ1v) is 5.31. The Bertz CT molecular complexity index is 367. The normalized spacial score (nSPS) is 16.6. The van der Waals surface area contributed by atoms with Gasteiger partial charge < -0.3 is 5.43 Å². The molecule has 1 aromatic rings. The number of hydrogen-bond donors (Lipinski definition) is 2. The van der Waals surface area contributed by atoms with Gasteiger partial charge in [-0.25, -0.2) is 5.84 Å². The molecule has 0 radical (unpaired) electrons. The minimum Gasteiger partial charge on any atom is -0.302 e. The second-order valence-electron chi connectivity index (χ2n) is 2.96. The molecular weight excluding hydrogens is 218 g/mol. The highest BCUT2D eigenvalue weighted by atomic mass is 35.5. The van der Waals surface area contributed by atoms with Crippen LogP contribution in [0.4, 0.5) is 0 Å². The summed E-state index contributed by atoms with van der Waals surface area (Å²) in [6.45, 7) is 0. The Labute approximate surface area is 92.0 Å². The van der Waals surface area contributed by atoms with Crippen LogP contribution in [-0.2, 0) is 6.42 Å². The molecule has 0 aromatic heterocycles. The van der Waals surface area contributed by atoms with Gasteiger partial charge in [-0.15, -0.1) is 0 Å². The molecule has 3 nitrogen and oxygen atoms in total. The summed E-state index contributed by atoms with van der Waals surface area (Å²) >= 11 is 7.37. The van der Waals surface area contributed by atoms with Crippen molar-refractivity contribution >= 4 is 23.5 Å². The smallest absolute Gasteiger partial charge is 0.0408 e. The summed E-state index contributed by atoms with van der Waals surface area (Å²) in [5.41, 5.74) is 4.07. The van der Waals surface area contributed by atoms with Crippen LogP contribution in [-0.4, -0.2) is 4.52 Å². The number of halogens is 1. The van der Waals surface area contributed by atoms with Crippen molar-refractivity contribution < 1.29 is 0 Å². The van der Waals surface area contributed by atoms with Crippen LogP contribution in [0.5, 0.6) is 0 Å². The van der Waals surface area contributed by atoms with Crippen LogP contribution in [0, 0.1) is 0 Å². The number of allylic oxidation sites excluding steroid dienone is 1. The molecular formula is C9H10ClN3S. The molecule has 0 spiro atoms. The highest BCUT2D eigenvalue weighted by Crippen LogP contribution is 2.25. The molecule has 0 fully saturated rings. The average molecular weight is 228 g/mol. The van der Waals surface area contributed by atoms with Crippen LogP contribution in [0.3, 0.4) is 0 Å². The monoisotopic (exact) mass is 227 g/mol. The molecule has 1 heterocycles. The van der Waals surface area contributed by atoms with Gasteiger partial charge in [-0.1, -0.05) is 28.3 Å². The zero-order valence-electron chi connectivity index (χ0n) is 7.40. The van der Waals surface area contributed by atoms with E-state index >= 15 is 0 Å². The van der Waals surface area contributed by atoms with E-state index in [-0.39, 0.29) is 0 Å². The summed E-state index contributed by atoms with van der Waals surface area (Å²) in [5.74, 6) is 5.52. The van der Waals surface area contributed by atoms with Crippen molar-refractivity contribution in [3.05, 3.63) is 46.0 Å².